The molecule has 5 nitrogen and oxygen atoms in total. The number of hydrogen-bond donors (Lipinski definition) is 4. The Bertz CT molecular complexity index is 1360. The fourth-order valence-electron chi connectivity index (χ4n) is 4.99. The normalized spacial score (nSPS) is 17.2. The molecule has 0 unspecified atom stereocenters. The van der Waals surface area contributed by atoms with E-state index in [0.29, 0.717) is 12.3 Å². The minimum atomic E-state index is 0.616. The summed E-state index contributed by atoms with van der Waals surface area (Å²) in [6.45, 7) is 4.34. The molecule has 0 radical (unpaired) electrons. The lowest BCUT2D eigenvalue weighted by Crippen LogP contribution is -2.26. The molecule has 1 aliphatic heterocycles. The molecule has 0 spiro atoms. The van der Waals surface area contributed by atoms with E-state index in [1.165, 1.54) is 44.7 Å². The Morgan fingerprint density at radius 3 is 2.75 bits per heavy atom. The van der Waals surface area contributed by atoms with Gasteiger partial charge in [0.1, 0.15) is 5.69 Å². The first-order chi connectivity index (χ1) is 15.7. The summed E-state index contributed by atoms with van der Waals surface area (Å²) in [6.07, 6.45) is 7.28. The van der Waals surface area contributed by atoms with Gasteiger partial charge in [-0.05, 0) is 80.7 Å². The first-order valence-electron chi connectivity index (χ1n) is 11.3. The average Bonchev–Trinajstić information content (AvgIpc) is 3.51. The zero-order valence-electron chi connectivity index (χ0n) is 18.2. The van der Waals surface area contributed by atoms with Crippen molar-refractivity contribution in [3.63, 3.8) is 0 Å². The third-order valence-corrected chi connectivity index (χ3v) is 7.73. The lowest BCUT2D eigenvalue weighted by atomic mass is 9.89. The van der Waals surface area contributed by atoms with Crippen LogP contribution in [0.2, 0.25) is 0 Å². The number of nitrogens with one attached hydrogen (secondary N) is 3. The number of benzene rings is 1. The number of hydrogen-bond acceptors (Lipinski definition) is 4. The van der Waals surface area contributed by atoms with Gasteiger partial charge < -0.3 is 16.0 Å². The summed E-state index contributed by atoms with van der Waals surface area (Å²) in [7, 11) is 0. The van der Waals surface area contributed by atoms with E-state index in [2.05, 4.69) is 64.8 Å². The monoisotopic (exact) mass is 441 g/mol. The fourth-order valence-corrected chi connectivity index (χ4v) is 5.90. The molecule has 1 fully saturated rings. The van der Waals surface area contributed by atoms with Crippen LogP contribution in [0.4, 0.5) is 0 Å². The molecule has 1 aromatic carbocycles. The number of nitrogens with zero attached hydrogens (tertiary/aromatic N) is 1. The van der Waals surface area contributed by atoms with Crippen molar-refractivity contribution < 1.29 is 0 Å². The maximum atomic E-state index is 6.29. The predicted octanol–water partition coefficient (Wildman–Crippen LogP) is 5.23. The molecule has 0 amide bonds. The topological polar surface area (TPSA) is 82.5 Å². The Morgan fingerprint density at radius 1 is 1.06 bits per heavy atom. The number of piperidine rings is 1. The Kier molecular flexibility index (Phi) is 4.77. The number of thiophene rings is 1. The number of aromatic nitrogens is 3. The molecule has 6 heteroatoms. The number of nitrogens with two attached hydrogens (primary N) is 1. The molecule has 1 saturated heterocycles. The number of allylic oxidation sites excluding steroid dienone is 3. The quantitative estimate of drug-likeness (QED) is 0.352. The molecule has 1 aliphatic carbocycles. The van der Waals surface area contributed by atoms with Crippen LogP contribution < -0.4 is 11.1 Å². The SMILES string of the molecule is Cc1ccc(C2=CC=C(N)Cc3[nH]c(-c4n[nH]c5ccc(C6CCNCC6)cc45)cc32)s1. The Hall–Kier alpha value is -3.09. The van der Waals surface area contributed by atoms with Gasteiger partial charge in [-0.15, -0.1) is 11.3 Å². The van der Waals surface area contributed by atoms with Gasteiger partial charge in [0.05, 0.1) is 11.2 Å². The minimum absolute atomic E-state index is 0.616. The van der Waals surface area contributed by atoms with Crippen LogP contribution >= 0.6 is 11.3 Å². The van der Waals surface area contributed by atoms with Crippen LogP contribution in [-0.2, 0) is 6.42 Å². The molecular formula is C26H27N5S. The molecule has 2 aliphatic rings. The van der Waals surface area contributed by atoms with Crippen molar-refractivity contribution in [1.29, 1.82) is 0 Å². The van der Waals surface area contributed by atoms with E-state index < -0.39 is 0 Å². The highest BCUT2D eigenvalue weighted by Gasteiger charge is 2.21. The highest BCUT2D eigenvalue weighted by Crippen LogP contribution is 2.38. The third kappa shape index (κ3) is 3.40. The minimum Gasteiger partial charge on any atom is -0.402 e. The molecule has 32 heavy (non-hydrogen) atoms. The highest BCUT2D eigenvalue weighted by atomic mass is 32.1. The maximum Gasteiger partial charge on any atom is 0.116 e. The van der Waals surface area contributed by atoms with E-state index in [4.69, 9.17) is 10.8 Å². The van der Waals surface area contributed by atoms with Crippen LogP contribution in [-0.4, -0.2) is 28.3 Å². The van der Waals surface area contributed by atoms with Crippen molar-refractivity contribution >= 4 is 27.8 Å². The Labute approximate surface area is 191 Å². The van der Waals surface area contributed by atoms with Crippen molar-refractivity contribution in [2.24, 2.45) is 5.73 Å². The van der Waals surface area contributed by atoms with Crippen molar-refractivity contribution in [2.75, 3.05) is 13.1 Å². The molecule has 162 valence electrons. The van der Waals surface area contributed by atoms with Gasteiger partial charge in [-0.3, -0.25) is 5.10 Å². The first kappa shape index (κ1) is 19.6. The van der Waals surface area contributed by atoms with Gasteiger partial charge in [0.2, 0.25) is 0 Å². The number of H-pyrrole nitrogens is 2. The van der Waals surface area contributed by atoms with E-state index in [9.17, 15) is 0 Å². The molecule has 5 N–H and O–H groups in total. The Morgan fingerprint density at radius 2 is 1.94 bits per heavy atom. The summed E-state index contributed by atoms with van der Waals surface area (Å²) in [5.74, 6) is 0.616. The van der Waals surface area contributed by atoms with E-state index in [1.54, 1.807) is 0 Å². The number of aromatic amines is 2. The largest absolute Gasteiger partial charge is 0.402 e. The van der Waals surface area contributed by atoms with Gasteiger partial charge in [0, 0.05) is 44.1 Å². The van der Waals surface area contributed by atoms with Gasteiger partial charge in [0.15, 0.2) is 0 Å². The van der Waals surface area contributed by atoms with Crippen molar-refractivity contribution in [2.45, 2.75) is 32.1 Å². The zero-order valence-corrected chi connectivity index (χ0v) is 19.0. The van der Waals surface area contributed by atoms with E-state index in [0.717, 1.165) is 41.4 Å². The molecule has 3 aromatic heterocycles. The van der Waals surface area contributed by atoms with E-state index >= 15 is 0 Å². The molecular weight excluding hydrogens is 414 g/mol. The summed E-state index contributed by atoms with van der Waals surface area (Å²) in [4.78, 5) is 6.23. The number of aryl methyl sites for hydroxylation is 1. The molecule has 4 aromatic rings. The second-order valence-electron chi connectivity index (χ2n) is 8.89. The number of fused-ring (bicyclic) bond motifs is 2. The Balaban J connectivity index is 1.44. The fraction of sp³-hybridized carbons (Fsp3) is 0.269. The lowest BCUT2D eigenvalue weighted by molar-refractivity contribution is 0.460. The predicted molar refractivity (Wildman–Crippen MR) is 133 cm³/mol. The van der Waals surface area contributed by atoms with Gasteiger partial charge in [-0.2, -0.15) is 5.10 Å². The lowest BCUT2D eigenvalue weighted by Gasteiger charge is -2.23. The molecule has 0 atom stereocenters. The first-order valence-corrected chi connectivity index (χ1v) is 12.1. The van der Waals surface area contributed by atoms with Gasteiger partial charge >= 0.3 is 0 Å². The van der Waals surface area contributed by atoms with Crippen LogP contribution in [0.5, 0.6) is 0 Å². The van der Waals surface area contributed by atoms with Crippen LogP contribution in [0.25, 0.3) is 27.9 Å². The summed E-state index contributed by atoms with van der Waals surface area (Å²) >= 11 is 1.82. The summed E-state index contributed by atoms with van der Waals surface area (Å²) in [5.41, 5.74) is 15.2. The smallest absolute Gasteiger partial charge is 0.116 e. The van der Waals surface area contributed by atoms with Crippen molar-refractivity contribution in [3.05, 3.63) is 80.8 Å². The number of rotatable bonds is 3. The average molecular weight is 442 g/mol. The van der Waals surface area contributed by atoms with Gasteiger partial charge in [-0.1, -0.05) is 12.1 Å². The molecule has 6 rings (SSSR count). The second-order valence-corrected chi connectivity index (χ2v) is 10.2. The standard InChI is InChI=1S/C26H27N5S/c1-15-2-7-25(32-15)19-5-4-18(27)13-23-20(19)14-24(29-23)26-21-12-17(3-6-22(21)30-31-26)16-8-10-28-11-9-16/h2-7,12,14,16,28-29H,8-11,13,27H2,1H3,(H,30,31). The van der Waals surface area contributed by atoms with Crippen molar-refractivity contribution in [1.82, 2.24) is 20.5 Å². The van der Waals surface area contributed by atoms with E-state index in [-0.39, 0.29) is 0 Å². The van der Waals surface area contributed by atoms with Crippen molar-refractivity contribution in [3.8, 4) is 11.4 Å². The maximum absolute atomic E-state index is 6.29. The van der Waals surface area contributed by atoms with Gasteiger partial charge in [-0.25, -0.2) is 0 Å². The van der Waals surface area contributed by atoms with E-state index in [1.807, 2.05) is 17.4 Å². The zero-order chi connectivity index (χ0) is 21.7. The molecule has 0 saturated carbocycles. The van der Waals surface area contributed by atoms with Crippen LogP contribution in [0.3, 0.4) is 0 Å². The molecule has 0 bridgehead atoms. The summed E-state index contributed by atoms with van der Waals surface area (Å²) in [6, 6.07) is 13.4. The van der Waals surface area contributed by atoms with Gasteiger partial charge in [0.25, 0.3) is 0 Å². The van der Waals surface area contributed by atoms with Crippen LogP contribution in [0.1, 0.15) is 45.3 Å². The highest BCUT2D eigenvalue weighted by molar-refractivity contribution is 7.13. The third-order valence-electron chi connectivity index (χ3n) is 6.69. The van der Waals surface area contributed by atoms with Crippen LogP contribution in [0, 0.1) is 6.92 Å². The second kappa shape index (κ2) is 7.80. The summed E-state index contributed by atoms with van der Waals surface area (Å²) < 4.78 is 0. The summed E-state index contributed by atoms with van der Waals surface area (Å²) in [5, 5.41) is 12.6. The van der Waals surface area contributed by atoms with Crippen LogP contribution in [0.15, 0.2) is 54.2 Å². The molecule has 4 heterocycles.